The van der Waals surface area contributed by atoms with Crippen LogP contribution >= 0.6 is 0 Å². The van der Waals surface area contributed by atoms with Gasteiger partial charge >= 0.3 is 37.2 Å². The summed E-state index contributed by atoms with van der Waals surface area (Å²) >= 11 is -5.25. The Morgan fingerprint density at radius 1 is 1.10 bits per heavy atom. The smallest absolute Gasteiger partial charge is 0 e. The van der Waals surface area contributed by atoms with E-state index in [9.17, 15) is 0 Å². The van der Waals surface area contributed by atoms with Gasteiger partial charge in [-0.2, -0.15) is 0 Å². The third-order valence-corrected chi connectivity index (χ3v) is 0. The maximum atomic E-state index is 8.82. The molecule has 0 aliphatic heterocycles. The van der Waals surface area contributed by atoms with Crippen LogP contribution in [0.5, 0.6) is 0 Å². The Bertz CT molecular complexity index is 112. The Labute approximate surface area is 96.3 Å². The van der Waals surface area contributed by atoms with Crippen LogP contribution in [0.15, 0.2) is 0 Å². The van der Waals surface area contributed by atoms with Gasteiger partial charge in [-0.15, -0.1) is 0 Å². The molecule has 0 saturated carbocycles. The molecule has 0 aromatic carbocycles. The van der Waals surface area contributed by atoms with E-state index >= 15 is 0 Å². The van der Waals surface area contributed by atoms with Crippen LogP contribution in [-0.4, -0.2) is 43.4 Å². The molecule has 0 aliphatic carbocycles. The van der Waals surface area contributed by atoms with Crippen molar-refractivity contribution in [2.45, 2.75) is 0 Å². The van der Waals surface area contributed by atoms with Gasteiger partial charge in [0.1, 0.15) is 0 Å². The van der Waals surface area contributed by atoms with Gasteiger partial charge in [0.15, 0.2) is 17.4 Å². The summed E-state index contributed by atoms with van der Waals surface area (Å²) in [5.41, 5.74) is 0. The molecular weight excluding hydrogens is 275 g/mol. The summed E-state index contributed by atoms with van der Waals surface area (Å²) in [4.78, 5) is 0. The molecular formula is H8AlBCrO6Y. The second kappa shape index (κ2) is 13.3. The van der Waals surface area contributed by atoms with Crippen LogP contribution in [0.3, 0.4) is 0 Å². The van der Waals surface area contributed by atoms with Crippen LogP contribution < -0.4 is 0 Å². The molecule has 0 unspecified atom stereocenters. The second-order valence-corrected chi connectivity index (χ2v) is 1.99. The molecule has 0 heterocycles. The van der Waals surface area contributed by atoms with E-state index in [1.807, 2.05) is 0 Å². The summed E-state index contributed by atoms with van der Waals surface area (Å²) in [6, 6.07) is 0. The zero-order valence-corrected chi connectivity index (χ0v) is 8.41. The molecule has 6 nitrogen and oxygen atoms in total. The van der Waals surface area contributed by atoms with E-state index in [1.54, 1.807) is 0 Å². The van der Waals surface area contributed by atoms with Crippen LogP contribution in [0.25, 0.3) is 0 Å². The molecule has 0 saturated heterocycles. The average Bonchev–Trinajstić information content (AvgIpc) is 1.27. The molecule has 1 radical (unpaired) electrons. The standard InChI is InChI=1S/Al.BH3O2.Cr.2H2O.2O.Y.3H/c;2-1-3;;;;;;;;;/h;1-3H;;2*1H2;;;;;;/q;;+2;;;;;;;;/p-2. The molecule has 0 spiro atoms. The normalized spacial score (nSPS) is 7.20. The fourth-order valence-corrected chi connectivity index (χ4v) is 0. The van der Waals surface area contributed by atoms with E-state index in [0.717, 1.165) is 0 Å². The van der Waals surface area contributed by atoms with Gasteiger partial charge in [0.05, 0.1) is 0 Å². The van der Waals surface area contributed by atoms with E-state index in [1.165, 1.54) is 0 Å². The van der Waals surface area contributed by atoms with Crippen molar-refractivity contribution in [3.05, 3.63) is 0 Å². The van der Waals surface area contributed by atoms with E-state index in [4.69, 9.17) is 26.0 Å². The molecule has 10 heavy (non-hydrogen) atoms. The Kier molecular flexibility index (Phi) is 30.0. The van der Waals surface area contributed by atoms with Gasteiger partial charge in [-0.25, -0.2) is 0 Å². The van der Waals surface area contributed by atoms with Crippen molar-refractivity contribution >= 4 is 25.0 Å². The predicted octanol–water partition coefficient (Wildman–Crippen LogP) is -4.30. The van der Waals surface area contributed by atoms with Gasteiger partial charge in [-0.3, -0.25) is 0 Å². The minimum absolute atomic E-state index is 0. The molecule has 0 rings (SSSR count). The summed E-state index contributed by atoms with van der Waals surface area (Å²) < 4.78 is 31.9. The first-order valence-corrected chi connectivity index (χ1v) is 3.51. The SMILES string of the molecule is OBO.[AlH3].[O]=[Cr](=[O])([OH])[OH].[Y]. The third-order valence-electron chi connectivity index (χ3n) is 0. The molecule has 0 bridgehead atoms. The maximum absolute atomic E-state index is 8.82. The fraction of sp³-hybridized carbons (Fsp3) is 0. The van der Waals surface area contributed by atoms with Crippen molar-refractivity contribution in [1.29, 1.82) is 0 Å². The second-order valence-electron chi connectivity index (χ2n) is 0.589. The minimum Gasteiger partial charge on any atom is 0 e. The van der Waals surface area contributed by atoms with Crippen molar-refractivity contribution in [3.8, 4) is 0 Å². The monoisotopic (exact) mass is 283 g/mol. The topological polar surface area (TPSA) is 115 Å². The Balaban J connectivity index is -0.0000000326. The van der Waals surface area contributed by atoms with E-state index in [0.29, 0.717) is 0 Å². The largest absolute Gasteiger partial charge is 0 e. The maximum Gasteiger partial charge on any atom is 0 e. The first-order valence-electron chi connectivity index (χ1n) is 1.33. The number of hydrogen-bond donors (Lipinski definition) is 4. The molecule has 0 aromatic heterocycles. The summed E-state index contributed by atoms with van der Waals surface area (Å²) in [6.07, 6.45) is 0. The van der Waals surface area contributed by atoms with Crippen LogP contribution in [0.2, 0.25) is 0 Å². The van der Waals surface area contributed by atoms with Gasteiger partial charge in [-0.1, -0.05) is 0 Å². The molecule has 0 amide bonds. The van der Waals surface area contributed by atoms with E-state index < -0.39 is 21.3 Å². The molecule has 59 valence electrons. The predicted molar refractivity (Wildman–Crippen MR) is 27.3 cm³/mol. The van der Waals surface area contributed by atoms with Gasteiger partial charge in [-0.05, 0) is 0 Å². The first kappa shape index (κ1) is 22.6. The number of hydrogen-bond acceptors (Lipinski definition) is 4. The Hall–Kier alpha value is 1.67. The van der Waals surface area contributed by atoms with E-state index in [2.05, 4.69) is 0 Å². The van der Waals surface area contributed by atoms with Crippen molar-refractivity contribution in [3.63, 3.8) is 0 Å². The van der Waals surface area contributed by atoms with Crippen LogP contribution in [0, 0.1) is 0 Å². The van der Waals surface area contributed by atoms with Gasteiger partial charge in [0.2, 0.25) is 0 Å². The molecule has 4 N–H and O–H groups in total. The summed E-state index contributed by atoms with van der Waals surface area (Å²) in [5.74, 6) is 0. The van der Waals surface area contributed by atoms with Crippen LogP contribution in [0.4, 0.5) is 0 Å². The molecule has 10 heteroatoms. The third kappa shape index (κ3) is 260. The average molecular weight is 283 g/mol. The molecule has 0 aromatic rings. The summed E-state index contributed by atoms with van der Waals surface area (Å²) in [5, 5.41) is 14.2. The minimum atomic E-state index is -5.25. The first-order chi connectivity index (χ1) is 3.41. The van der Waals surface area contributed by atoms with Crippen LogP contribution in [0.1, 0.15) is 0 Å². The van der Waals surface area contributed by atoms with E-state index in [-0.39, 0.29) is 50.1 Å². The van der Waals surface area contributed by atoms with Crippen molar-refractivity contribution in [1.82, 2.24) is 0 Å². The summed E-state index contributed by atoms with van der Waals surface area (Å²) in [6.45, 7) is 0. The van der Waals surface area contributed by atoms with Crippen LogP contribution in [-0.2, 0) is 53.9 Å². The summed E-state index contributed by atoms with van der Waals surface area (Å²) in [7, 11) is -0.750. The molecule has 0 fully saturated rings. The van der Waals surface area contributed by atoms with Crippen molar-refractivity contribution < 1.29 is 72.3 Å². The fourth-order valence-electron chi connectivity index (χ4n) is 0. The quantitative estimate of drug-likeness (QED) is 0.334. The van der Waals surface area contributed by atoms with Gasteiger partial charge in [0, 0.05) is 32.7 Å². The number of rotatable bonds is 0. The Morgan fingerprint density at radius 2 is 1.10 bits per heavy atom. The zero-order valence-electron chi connectivity index (χ0n) is 4.30. The molecule has 0 aliphatic rings. The van der Waals surface area contributed by atoms with Crippen molar-refractivity contribution in [2.24, 2.45) is 0 Å². The Morgan fingerprint density at radius 3 is 1.10 bits per heavy atom. The van der Waals surface area contributed by atoms with Gasteiger partial charge < -0.3 is 10.0 Å². The zero-order chi connectivity index (χ0) is 7.21. The molecule has 0 atom stereocenters. The van der Waals surface area contributed by atoms with Crippen molar-refractivity contribution in [2.75, 3.05) is 0 Å². The van der Waals surface area contributed by atoms with Gasteiger partial charge in [0.25, 0.3) is 0 Å².